The lowest BCUT2D eigenvalue weighted by Gasteiger charge is -2.32. The zero-order valence-electron chi connectivity index (χ0n) is 42.9. The number of carbonyl (C=O) groups is 4. The van der Waals surface area contributed by atoms with Gasteiger partial charge in [-0.3, -0.25) is 28.8 Å². The van der Waals surface area contributed by atoms with Gasteiger partial charge in [-0.15, -0.1) is 5.10 Å². The minimum Gasteiger partial charge on any atom is -0.462 e. The molecule has 0 spiro atoms. The SMILES string of the molecule is COC(C)(C)CCOC(C)(C)CCn1cc(CN(CCC(=O)OCCOC(=O)C(C)CSC(C)(C)CC(C)(C)C)CCC(=O)OCCOC(=O)C(C)CSC(C)(C)CC(C)(C)C)nn1. The Bertz CT molecular complexity index is 1480. The number of aryl methyl sites for hydroxylation is 1. The van der Waals surface area contributed by atoms with Gasteiger partial charge in [0.05, 0.1) is 48.2 Å². The van der Waals surface area contributed by atoms with Crippen LogP contribution in [0.3, 0.4) is 0 Å². The second kappa shape index (κ2) is 27.4. The molecule has 0 saturated carbocycles. The van der Waals surface area contributed by atoms with Crippen molar-refractivity contribution < 1.29 is 47.6 Å². The van der Waals surface area contributed by atoms with E-state index < -0.39 is 11.9 Å². The summed E-state index contributed by atoms with van der Waals surface area (Å²) in [5.74, 6) is -0.847. The van der Waals surface area contributed by atoms with E-state index in [1.165, 1.54) is 0 Å². The van der Waals surface area contributed by atoms with Crippen LogP contribution in [0.15, 0.2) is 6.20 Å². The number of rotatable bonds is 32. The number of aromatic nitrogens is 3. The predicted octanol–water partition coefficient (Wildman–Crippen LogP) is 9.20. The highest BCUT2D eigenvalue weighted by molar-refractivity contribution is 8.00. The molecule has 16 heteroatoms. The standard InChI is InChI=1S/C48H88N4O10S2/c1-36(32-63-47(13,14)34-43(3,4)5)41(55)60-28-26-58-39(53)18-22-51(30-38-31-52(50-49-38)24-20-46(11,12)62-25-21-45(9,10)57-17)23-19-40(54)59-27-29-61-42(56)37(2)33-64-48(15,16)35-44(6,7)8/h31,36-37H,18-30,32-35H2,1-17H3. The van der Waals surface area contributed by atoms with Gasteiger partial charge in [0, 0.05) is 60.5 Å². The Labute approximate surface area is 395 Å². The van der Waals surface area contributed by atoms with Crippen molar-refractivity contribution >= 4 is 47.4 Å². The van der Waals surface area contributed by atoms with Crippen molar-refractivity contribution in [3.05, 3.63) is 11.9 Å². The predicted molar refractivity (Wildman–Crippen MR) is 258 cm³/mol. The highest BCUT2D eigenvalue weighted by Gasteiger charge is 2.30. The summed E-state index contributed by atoms with van der Waals surface area (Å²) >= 11 is 3.52. The van der Waals surface area contributed by atoms with Crippen LogP contribution in [0.5, 0.6) is 0 Å². The normalized spacial score (nSPS) is 14.0. The van der Waals surface area contributed by atoms with Crippen molar-refractivity contribution in [1.29, 1.82) is 0 Å². The van der Waals surface area contributed by atoms with Crippen LogP contribution in [0.1, 0.15) is 155 Å². The second-order valence-corrected chi connectivity index (χ2v) is 25.5. The quantitative estimate of drug-likeness (QED) is 0.0382. The topological polar surface area (TPSA) is 158 Å². The summed E-state index contributed by atoms with van der Waals surface area (Å²) in [5, 5.41) is 8.68. The molecule has 1 aromatic rings. The molecule has 2 unspecified atom stereocenters. The molecule has 1 aromatic heterocycles. The van der Waals surface area contributed by atoms with Crippen LogP contribution in [0.25, 0.3) is 0 Å². The van der Waals surface area contributed by atoms with Crippen molar-refractivity contribution in [2.24, 2.45) is 22.7 Å². The number of esters is 4. The fourth-order valence-electron chi connectivity index (χ4n) is 7.17. The Morgan fingerprint density at radius 3 is 1.50 bits per heavy atom. The van der Waals surface area contributed by atoms with Gasteiger partial charge in [-0.05, 0) is 64.2 Å². The summed E-state index contributed by atoms with van der Waals surface area (Å²) < 4.78 is 35.1. The van der Waals surface area contributed by atoms with Gasteiger partial charge in [-0.2, -0.15) is 23.5 Å². The molecule has 0 radical (unpaired) electrons. The highest BCUT2D eigenvalue weighted by atomic mass is 32.2. The molecule has 0 bridgehead atoms. The van der Waals surface area contributed by atoms with E-state index in [0.29, 0.717) is 43.3 Å². The number of hydrogen-bond donors (Lipinski definition) is 0. The molecule has 64 heavy (non-hydrogen) atoms. The Balaban J connectivity index is 2.74. The smallest absolute Gasteiger partial charge is 0.309 e. The molecule has 0 aliphatic carbocycles. The van der Waals surface area contributed by atoms with Gasteiger partial charge in [-0.1, -0.05) is 88.3 Å². The number of methoxy groups -OCH3 is 1. The van der Waals surface area contributed by atoms with E-state index in [0.717, 1.165) is 19.3 Å². The van der Waals surface area contributed by atoms with Gasteiger partial charge in [0.2, 0.25) is 0 Å². The lowest BCUT2D eigenvalue weighted by Crippen LogP contribution is -2.31. The first kappa shape index (κ1) is 59.6. The zero-order chi connectivity index (χ0) is 49.0. The van der Waals surface area contributed by atoms with Gasteiger partial charge >= 0.3 is 23.9 Å². The van der Waals surface area contributed by atoms with Crippen molar-refractivity contribution in [2.45, 2.75) is 183 Å². The molecule has 2 atom stereocenters. The number of carbonyl (C=O) groups excluding carboxylic acids is 4. The molecule has 1 rings (SSSR count). The molecule has 0 amide bonds. The average molecular weight is 945 g/mol. The molecule has 0 aromatic carbocycles. The van der Waals surface area contributed by atoms with Crippen molar-refractivity contribution in [2.75, 3.05) is 64.7 Å². The van der Waals surface area contributed by atoms with E-state index in [1.54, 1.807) is 35.3 Å². The molecule has 0 aliphatic rings. The molecular weight excluding hydrogens is 857 g/mol. The van der Waals surface area contributed by atoms with Crippen LogP contribution in [0.4, 0.5) is 0 Å². The Kier molecular flexibility index (Phi) is 25.5. The average Bonchev–Trinajstić information content (AvgIpc) is 3.61. The molecule has 0 fully saturated rings. The molecule has 0 N–H and O–H groups in total. The van der Waals surface area contributed by atoms with E-state index in [-0.39, 0.29) is 108 Å². The van der Waals surface area contributed by atoms with Gasteiger partial charge in [-0.25, -0.2) is 0 Å². The fourth-order valence-corrected chi connectivity index (χ4v) is 9.91. The maximum absolute atomic E-state index is 12.8. The lowest BCUT2D eigenvalue weighted by atomic mass is 9.86. The van der Waals surface area contributed by atoms with Crippen LogP contribution in [0.2, 0.25) is 0 Å². The van der Waals surface area contributed by atoms with Crippen molar-refractivity contribution in [3.63, 3.8) is 0 Å². The Morgan fingerprint density at radius 2 is 1.08 bits per heavy atom. The van der Waals surface area contributed by atoms with E-state index >= 15 is 0 Å². The van der Waals surface area contributed by atoms with E-state index in [9.17, 15) is 19.2 Å². The Hall–Kier alpha value is -2.40. The first-order valence-corrected chi connectivity index (χ1v) is 25.0. The summed E-state index contributed by atoms with van der Waals surface area (Å²) in [6.07, 6.45) is 5.44. The summed E-state index contributed by atoms with van der Waals surface area (Å²) in [5.41, 5.74) is 0.391. The first-order chi connectivity index (χ1) is 29.3. The second-order valence-electron chi connectivity index (χ2n) is 22.0. The van der Waals surface area contributed by atoms with Gasteiger partial charge in [0.15, 0.2) is 0 Å². The van der Waals surface area contributed by atoms with Gasteiger partial charge in [0.25, 0.3) is 0 Å². The molecule has 1 heterocycles. The number of ether oxygens (including phenoxy) is 6. The Morgan fingerprint density at radius 1 is 0.641 bits per heavy atom. The van der Waals surface area contributed by atoms with Crippen molar-refractivity contribution in [1.82, 2.24) is 19.9 Å². The van der Waals surface area contributed by atoms with E-state index in [1.807, 2.05) is 52.6 Å². The van der Waals surface area contributed by atoms with Crippen LogP contribution in [-0.4, -0.2) is 129 Å². The minimum absolute atomic E-state index is 0.0277. The molecule has 14 nitrogen and oxygen atoms in total. The summed E-state index contributed by atoms with van der Waals surface area (Å²) in [6, 6.07) is 0. The lowest BCUT2D eigenvalue weighted by molar-refractivity contribution is -0.154. The number of nitrogens with zero attached hydrogens (tertiary/aromatic N) is 4. The maximum atomic E-state index is 12.8. The monoisotopic (exact) mass is 945 g/mol. The molecule has 0 saturated heterocycles. The summed E-state index contributed by atoms with van der Waals surface area (Å²) in [6.45, 7) is 35.8. The molecular formula is C48H88N4O10S2. The maximum Gasteiger partial charge on any atom is 0.309 e. The summed E-state index contributed by atoms with van der Waals surface area (Å²) in [4.78, 5) is 52.8. The summed E-state index contributed by atoms with van der Waals surface area (Å²) in [7, 11) is 1.70. The van der Waals surface area contributed by atoms with Gasteiger partial charge in [0.1, 0.15) is 26.4 Å². The number of hydrogen-bond acceptors (Lipinski definition) is 15. The van der Waals surface area contributed by atoms with Gasteiger partial charge < -0.3 is 28.4 Å². The van der Waals surface area contributed by atoms with Crippen molar-refractivity contribution in [3.8, 4) is 0 Å². The van der Waals surface area contributed by atoms with Crippen LogP contribution < -0.4 is 0 Å². The third kappa shape index (κ3) is 29.3. The first-order valence-electron chi connectivity index (χ1n) is 23.0. The zero-order valence-corrected chi connectivity index (χ0v) is 44.6. The molecule has 372 valence electrons. The van der Waals surface area contributed by atoms with Crippen LogP contribution >= 0.6 is 23.5 Å². The number of thioether (sulfide) groups is 2. The van der Waals surface area contributed by atoms with E-state index in [4.69, 9.17) is 28.4 Å². The highest BCUT2D eigenvalue weighted by Crippen LogP contribution is 2.38. The minimum atomic E-state index is -0.455. The van der Waals surface area contributed by atoms with Crippen LogP contribution in [-0.2, 0) is 60.7 Å². The largest absolute Gasteiger partial charge is 0.462 e. The fraction of sp³-hybridized carbons (Fsp3) is 0.875. The third-order valence-corrected chi connectivity index (χ3v) is 13.5. The van der Waals surface area contributed by atoms with Crippen LogP contribution in [0, 0.1) is 22.7 Å². The third-order valence-electron chi connectivity index (χ3n) is 10.3. The van der Waals surface area contributed by atoms with E-state index in [2.05, 4.69) is 79.5 Å². The molecule has 0 aliphatic heterocycles.